The summed E-state index contributed by atoms with van der Waals surface area (Å²) in [6.45, 7) is 1.50. The zero-order valence-corrected chi connectivity index (χ0v) is 11.7. The molecule has 0 aliphatic heterocycles. The van der Waals surface area contributed by atoms with Gasteiger partial charge in [0.2, 0.25) is 0 Å². The Morgan fingerprint density at radius 2 is 2.10 bits per heavy atom. The van der Waals surface area contributed by atoms with Crippen LogP contribution < -0.4 is 10.1 Å². The van der Waals surface area contributed by atoms with E-state index in [0.29, 0.717) is 16.5 Å². The van der Waals surface area contributed by atoms with Gasteiger partial charge in [0, 0.05) is 5.69 Å². The second-order valence-electron chi connectivity index (χ2n) is 4.07. The predicted octanol–water partition coefficient (Wildman–Crippen LogP) is 3.44. The van der Waals surface area contributed by atoms with Crippen LogP contribution in [-0.4, -0.2) is 18.0 Å². The number of benzene rings is 1. The number of methoxy groups -OCH3 is 1. The van der Waals surface area contributed by atoms with Crippen LogP contribution in [-0.2, 0) is 0 Å². The van der Waals surface area contributed by atoms with Crippen molar-refractivity contribution in [1.82, 2.24) is 4.98 Å². The van der Waals surface area contributed by atoms with Crippen LogP contribution >= 0.6 is 11.6 Å². The number of aromatic nitrogens is 1. The van der Waals surface area contributed by atoms with Gasteiger partial charge in [-0.05, 0) is 37.3 Å². The number of hydrogen-bond donors (Lipinski definition) is 1. The number of nitrogens with zero attached hydrogens (tertiary/aromatic N) is 1. The van der Waals surface area contributed by atoms with Crippen molar-refractivity contribution < 1.29 is 13.9 Å². The number of pyridine rings is 1. The molecule has 104 valence electrons. The highest BCUT2D eigenvalue weighted by molar-refractivity contribution is 6.32. The summed E-state index contributed by atoms with van der Waals surface area (Å²) in [6, 6.07) is 7.38. The normalized spacial score (nSPS) is 10.2. The molecular weight excluding hydrogens is 283 g/mol. The van der Waals surface area contributed by atoms with E-state index in [1.165, 1.54) is 26.2 Å². The Morgan fingerprint density at radius 1 is 1.35 bits per heavy atom. The van der Waals surface area contributed by atoms with Crippen LogP contribution in [0.1, 0.15) is 16.2 Å². The summed E-state index contributed by atoms with van der Waals surface area (Å²) >= 11 is 5.96. The number of ether oxygens (including phenoxy) is 1. The largest absolute Gasteiger partial charge is 0.495 e. The summed E-state index contributed by atoms with van der Waals surface area (Å²) in [6.07, 6.45) is 0. The Morgan fingerprint density at radius 3 is 2.70 bits per heavy atom. The minimum absolute atomic E-state index is 0.135. The first-order valence-corrected chi connectivity index (χ1v) is 6.17. The molecule has 4 nitrogen and oxygen atoms in total. The molecule has 0 unspecified atom stereocenters. The minimum atomic E-state index is -0.450. The van der Waals surface area contributed by atoms with Gasteiger partial charge in [0.1, 0.15) is 17.3 Å². The van der Waals surface area contributed by atoms with Gasteiger partial charge in [0.05, 0.1) is 17.8 Å². The summed E-state index contributed by atoms with van der Waals surface area (Å²) < 4.78 is 18.1. The lowest BCUT2D eigenvalue weighted by Crippen LogP contribution is -2.14. The summed E-state index contributed by atoms with van der Waals surface area (Å²) in [4.78, 5) is 15.9. The van der Waals surface area contributed by atoms with Gasteiger partial charge in [0.15, 0.2) is 0 Å². The number of carbonyl (C=O) groups excluding carboxylic acids is 1. The van der Waals surface area contributed by atoms with Gasteiger partial charge in [-0.3, -0.25) is 4.79 Å². The topological polar surface area (TPSA) is 51.2 Å². The van der Waals surface area contributed by atoms with Gasteiger partial charge in [0.25, 0.3) is 5.91 Å². The van der Waals surface area contributed by atoms with Crippen molar-refractivity contribution in [2.75, 3.05) is 12.4 Å². The SMILES string of the molecule is COc1ccc(NC(=O)c2ccc(F)c(C)n2)cc1Cl. The highest BCUT2D eigenvalue weighted by atomic mass is 35.5. The average molecular weight is 295 g/mol. The van der Waals surface area contributed by atoms with E-state index in [4.69, 9.17) is 16.3 Å². The Kier molecular flexibility index (Phi) is 4.20. The van der Waals surface area contributed by atoms with Gasteiger partial charge >= 0.3 is 0 Å². The molecule has 1 aromatic heterocycles. The van der Waals surface area contributed by atoms with E-state index < -0.39 is 11.7 Å². The summed E-state index contributed by atoms with van der Waals surface area (Å²) in [7, 11) is 1.50. The van der Waals surface area contributed by atoms with Gasteiger partial charge in [-0.15, -0.1) is 0 Å². The molecule has 2 aromatic rings. The maximum Gasteiger partial charge on any atom is 0.274 e. The van der Waals surface area contributed by atoms with E-state index in [2.05, 4.69) is 10.3 Å². The fraction of sp³-hybridized carbons (Fsp3) is 0.143. The Hall–Kier alpha value is -2.14. The van der Waals surface area contributed by atoms with Crippen LogP contribution in [0.5, 0.6) is 5.75 Å². The van der Waals surface area contributed by atoms with Crippen molar-refractivity contribution in [3.05, 3.63) is 52.6 Å². The van der Waals surface area contributed by atoms with Crippen molar-refractivity contribution in [2.24, 2.45) is 0 Å². The number of anilines is 1. The van der Waals surface area contributed by atoms with E-state index in [0.717, 1.165) is 0 Å². The summed E-state index contributed by atoms with van der Waals surface area (Å²) in [5, 5.41) is 3.02. The molecule has 0 saturated heterocycles. The van der Waals surface area contributed by atoms with E-state index >= 15 is 0 Å². The fourth-order valence-electron chi connectivity index (χ4n) is 1.61. The molecule has 0 aliphatic carbocycles. The molecule has 1 amide bonds. The van der Waals surface area contributed by atoms with Crippen molar-refractivity contribution in [2.45, 2.75) is 6.92 Å². The molecule has 20 heavy (non-hydrogen) atoms. The molecule has 0 atom stereocenters. The van der Waals surface area contributed by atoms with Crippen molar-refractivity contribution >= 4 is 23.2 Å². The van der Waals surface area contributed by atoms with Crippen LogP contribution in [0.25, 0.3) is 0 Å². The lowest BCUT2D eigenvalue weighted by atomic mass is 10.2. The molecule has 0 fully saturated rings. The van der Waals surface area contributed by atoms with Crippen molar-refractivity contribution in [1.29, 1.82) is 0 Å². The molecule has 0 radical (unpaired) electrons. The summed E-state index contributed by atoms with van der Waals surface area (Å²) in [5.74, 6) is -0.371. The van der Waals surface area contributed by atoms with Crippen LogP contribution in [0.4, 0.5) is 10.1 Å². The maximum atomic E-state index is 13.1. The second-order valence-corrected chi connectivity index (χ2v) is 4.47. The minimum Gasteiger partial charge on any atom is -0.495 e. The fourth-order valence-corrected chi connectivity index (χ4v) is 1.87. The summed E-state index contributed by atoms with van der Waals surface area (Å²) in [5.41, 5.74) is 0.811. The first kappa shape index (κ1) is 14.3. The molecule has 0 spiro atoms. The van der Waals surface area contributed by atoms with Crippen LogP contribution in [0.3, 0.4) is 0 Å². The highest BCUT2D eigenvalue weighted by Crippen LogP contribution is 2.27. The van der Waals surface area contributed by atoms with Gasteiger partial charge in [-0.2, -0.15) is 0 Å². The molecule has 1 N–H and O–H groups in total. The third-order valence-corrected chi connectivity index (χ3v) is 2.96. The monoisotopic (exact) mass is 294 g/mol. The van der Waals surface area contributed by atoms with Crippen LogP contribution in [0.15, 0.2) is 30.3 Å². The van der Waals surface area contributed by atoms with Crippen molar-refractivity contribution in [3.63, 3.8) is 0 Å². The zero-order chi connectivity index (χ0) is 14.7. The Balaban J connectivity index is 2.19. The molecule has 6 heteroatoms. The Labute approximate surface area is 120 Å². The third-order valence-electron chi connectivity index (χ3n) is 2.66. The van der Waals surface area contributed by atoms with Crippen LogP contribution in [0, 0.1) is 12.7 Å². The van der Waals surface area contributed by atoms with E-state index in [9.17, 15) is 9.18 Å². The maximum absolute atomic E-state index is 13.1. The van der Waals surface area contributed by atoms with Crippen molar-refractivity contribution in [3.8, 4) is 5.75 Å². The first-order chi connectivity index (χ1) is 9.51. The number of hydrogen-bond acceptors (Lipinski definition) is 3. The lowest BCUT2D eigenvalue weighted by molar-refractivity contribution is 0.102. The number of halogens is 2. The smallest absolute Gasteiger partial charge is 0.274 e. The molecule has 2 rings (SSSR count). The lowest BCUT2D eigenvalue weighted by Gasteiger charge is -2.08. The van der Waals surface area contributed by atoms with E-state index in [1.807, 2.05) is 0 Å². The molecule has 1 heterocycles. The quantitative estimate of drug-likeness (QED) is 0.943. The number of nitrogens with one attached hydrogen (secondary N) is 1. The first-order valence-electron chi connectivity index (χ1n) is 5.79. The molecule has 0 bridgehead atoms. The van der Waals surface area contributed by atoms with Crippen LogP contribution in [0.2, 0.25) is 5.02 Å². The zero-order valence-electron chi connectivity index (χ0n) is 10.9. The average Bonchev–Trinajstić information content (AvgIpc) is 2.42. The molecule has 1 aromatic carbocycles. The number of carbonyl (C=O) groups is 1. The van der Waals surface area contributed by atoms with E-state index in [1.54, 1.807) is 18.2 Å². The number of rotatable bonds is 3. The predicted molar refractivity (Wildman–Crippen MR) is 74.9 cm³/mol. The highest BCUT2D eigenvalue weighted by Gasteiger charge is 2.11. The van der Waals surface area contributed by atoms with Gasteiger partial charge in [-0.25, -0.2) is 9.37 Å². The van der Waals surface area contributed by atoms with E-state index in [-0.39, 0.29) is 11.4 Å². The number of aryl methyl sites for hydroxylation is 1. The molecular formula is C14H12ClFN2O2. The van der Waals surface area contributed by atoms with Gasteiger partial charge < -0.3 is 10.1 Å². The number of amides is 1. The molecule has 0 aliphatic rings. The molecule has 0 saturated carbocycles. The Bertz CT molecular complexity index is 662. The van der Waals surface area contributed by atoms with Gasteiger partial charge in [-0.1, -0.05) is 11.6 Å². The second kappa shape index (κ2) is 5.88. The standard InChI is InChI=1S/C14H12ClFN2O2/c1-8-11(16)4-5-12(17-8)14(19)18-9-3-6-13(20-2)10(15)7-9/h3-7H,1-2H3,(H,18,19). The third kappa shape index (κ3) is 3.05.